The molecule has 0 atom stereocenters. The van der Waals surface area contributed by atoms with Crippen LogP contribution < -0.4 is 5.73 Å². The predicted molar refractivity (Wildman–Crippen MR) is 63.6 cm³/mol. The molecule has 1 aromatic heterocycles. The van der Waals surface area contributed by atoms with Gasteiger partial charge in [-0.25, -0.2) is 0 Å². The van der Waals surface area contributed by atoms with Gasteiger partial charge in [-0.3, -0.25) is 0 Å². The Bertz CT molecular complexity index is 447. The van der Waals surface area contributed by atoms with Gasteiger partial charge in [-0.2, -0.15) is 0 Å². The molecule has 0 aliphatic heterocycles. The van der Waals surface area contributed by atoms with Gasteiger partial charge < -0.3 is 5.73 Å². The molecule has 0 amide bonds. The van der Waals surface area contributed by atoms with Crippen LogP contribution in [0.3, 0.4) is 0 Å². The summed E-state index contributed by atoms with van der Waals surface area (Å²) in [4.78, 5) is 0. The largest absolute Gasteiger partial charge is 0.398 e. The van der Waals surface area contributed by atoms with Gasteiger partial charge in [0.1, 0.15) is 0 Å². The molecule has 2 rings (SSSR count). The lowest BCUT2D eigenvalue weighted by Crippen LogP contribution is -1.90. The number of thiophene rings is 1. The van der Waals surface area contributed by atoms with Crippen molar-refractivity contribution in [1.29, 1.82) is 0 Å². The lowest BCUT2D eigenvalue weighted by molar-refractivity contribution is 1.50. The molecule has 0 aliphatic carbocycles. The van der Waals surface area contributed by atoms with Gasteiger partial charge in [0, 0.05) is 21.3 Å². The number of hydrogen-bond acceptors (Lipinski definition) is 2. The number of rotatable bonds is 1. The second kappa shape index (κ2) is 3.31. The number of nitrogens with two attached hydrogens (primary N) is 1. The number of aryl methyl sites for hydroxylation is 1. The van der Waals surface area contributed by atoms with Crippen LogP contribution in [-0.2, 0) is 5.33 Å². The van der Waals surface area contributed by atoms with Gasteiger partial charge in [0.2, 0.25) is 0 Å². The normalized spacial score (nSPS) is 10.9. The molecule has 0 radical (unpaired) electrons. The highest BCUT2D eigenvalue weighted by atomic mass is 79.9. The monoisotopic (exact) mass is 255 g/mol. The molecule has 0 aliphatic rings. The van der Waals surface area contributed by atoms with Crippen molar-refractivity contribution in [3.05, 3.63) is 28.6 Å². The van der Waals surface area contributed by atoms with Gasteiger partial charge in [0.05, 0.1) is 0 Å². The van der Waals surface area contributed by atoms with Crippen LogP contribution in [0.1, 0.15) is 11.1 Å². The lowest BCUT2D eigenvalue weighted by atomic mass is 10.1. The maximum absolute atomic E-state index is 5.88. The average molecular weight is 256 g/mol. The summed E-state index contributed by atoms with van der Waals surface area (Å²) in [6.45, 7) is 2.13. The first kappa shape index (κ1) is 9.03. The van der Waals surface area contributed by atoms with Gasteiger partial charge in [-0.05, 0) is 29.3 Å². The highest BCUT2D eigenvalue weighted by molar-refractivity contribution is 9.08. The Labute approximate surface area is 89.7 Å². The summed E-state index contributed by atoms with van der Waals surface area (Å²) in [6, 6.07) is 4.08. The Morgan fingerprint density at radius 1 is 1.46 bits per heavy atom. The molecule has 0 saturated heterocycles. The van der Waals surface area contributed by atoms with E-state index in [1.165, 1.54) is 21.2 Å². The molecule has 2 N–H and O–H groups in total. The van der Waals surface area contributed by atoms with E-state index in [9.17, 15) is 0 Å². The number of halogens is 1. The van der Waals surface area contributed by atoms with Crippen LogP contribution in [0.15, 0.2) is 17.5 Å². The van der Waals surface area contributed by atoms with Gasteiger partial charge in [-0.1, -0.05) is 22.0 Å². The molecule has 1 nitrogen and oxygen atoms in total. The molecule has 1 heterocycles. The smallest absolute Gasteiger partial charge is 0.0406 e. The highest BCUT2D eigenvalue weighted by Crippen LogP contribution is 2.33. The van der Waals surface area contributed by atoms with E-state index in [0.717, 1.165) is 11.0 Å². The van der Waals surface area contributed by atoms with E-state index in [2.05, 4.69) is 34.3 Å². The summed E-state index contributed by atoms with van der Waals surface area (Å²) in [7, 11) is 0. The molecule has 2 aromatic rings. The fourth-order valence-corrected chi connectivity index (χ4v) is 3.34. The second-order valence-corrected chi connectivity index (χ2v) is 4.50. The SMILES string of the molecule is Cc1csc2c(CBr)c(N)ccc12. The highest BCUT2D eigenvalue weighted by Gasteiger charge is 2.07. The summed E-state index contributed by atoms with van der Waals surface area (Å²) < 4.78 is 1.31. The number of nitrogen functional groups attached to an aromatic ring is 1. The third-order valence-corrected chi connectivity index (χ3v) is 3.94. The summed E-state index contributed by atoms with van der Waals surface area (Å²) in [5.74, 6) is 0. The quantitative estimate of drug-likeness (QED) is 0.611. The number of hydrogen-bond donors (Lipinski definition) is 1. The Hall–Kier alpha value is -0.540. The van der Waals surface area contributed by atoms with Crippen molar-refractivity contribution in [2.45, 2.75) is 12.3 Å². The summed E-state index contributed by atoms with van der Waals surface area (Å²) >= 11 is 5.23. The third kappa shape index (κ3) is 1.36. The van der Waals surface area contributed by atoms with Crippen LogP contribution >= 0.6 is 27.3 Å². The van der Waals surface area contributed by atoms with E-state index in [1.807, 2.05) is 6.07 Å². The molecular weight excluding hydrogens is 246 g/mol. The van der Waals surface area contributed by atoms with Crippen molar-refractivity contribution in [1.82, 2.24) is 0 Å². The molecule has 68 valence electrons. The molecule has 1 aromatic carbocycles. The van der Waals surface area contributed by atoms with Crippen molar-refractivity contribution in [3.63, 3.8) is 0 Å². The van der Waals surface area contributed by atoms with Gasteiger partial charge >= 0.3 is 0 Å². The molecule has 3 heteroatoms. The van der Waals surface area contributed by atoms with E-state index >= 15 is 0 Å². The minimum atomic E-state index is 0.829. The van der Waals surface area contributed by atoms with Crippen LogP contribution in [-0.4, -0.2) is 0 Å². The minimum absolute atomic E-state index is 0.829. The molecule has 0 bridgehead atoms. The molecular formula is C10H10BrNS. The van der Waals surface area contributed by atoms with Crippen molar-refractivity contribution in [2.24, 2.45) is 0 Å². The summed E-state index contributed by atoms with van der Waals surface area (Å²) in [5.41, 5.74) is 9.32. The average Bonchev–Trinajstić information content (AvgIpc) is 2.48. The van der Waals surface area contributed by atoms with Crippen LogP contribution in [0.25, 0.3) is 10.1 Å². The van der Waals surface area contributed by atoms with Crippen LogP contribution in [0.4, 0.5) is 5.69 Å². The fraction of sp³-hybridized carbons (Fsp3) is 0.200. The van der Waals surface area contributed by atoms with Crippen molar-refractivity contribution >= 4 is 43.0 Å². The maximum atomic E-state index is 5.88. The Balaban J connectivity index is 2.85. The zero-order valence-electron chi connectivity index (χ0n) is 7.30. The second-order valence-electron chi connectivity index (χ2n) is 3.06. The van der Waals surface area contributed by atoms with Crippen LogP contribution in [0.2, 0.25) is 0 Å². The fourth-order valence-electron chi connectivity index (χ4n) is 1.44. The first-order valence-electron chi connectivity index (χ1n) is 4.05. The third-order valence-electron chi connectivity index (χ3n) is 2.21. The Morgan fingerprint density at radius 2 is 2.23 bits per heavy atom. The zero-order valence-corrected chi connectivity index (χ0v) is 9.71. The Morgan fingerprint density at radius 3 is 2.92 bits per heavy atom. The van der Waals surface area contributed by atoms with Crippen LogP contribution in [0, 0.1) is 6.92 Å². The zero-order chi connectivity index (χ0) is 9.42. The Kier molecular flexibility index (Phi) is 2.30. The maximum Gasteiger partial charge on any atom is 0.0406 e. The number of benzene rings is 1. The minimum Gasteiger partial charge on any atom is -0.398 e. The topological polar surface area (TPSA) is 26.0 Å². The molecule has 0 unspecified atom stereocenters. The van der Waals surface area contributed by atoms with Gasteiger partial charge in [-0.15, -0.1) is 11.3 Å². The van der Waals surface area contributed by atoms with Gasteiger partial charge in [0.15, 0.2) is 0 Å². The van der Waals surface area contributed by atoms with E-state index in [0.29, 0.717) is 0 Å². The lowest BCUT2D eigenvalue weighted by Gasteiger charge is -2.03. The molecule has 0 fully saturated rings. The molecule has 13 heavy (non-hydrogen) atoms. The number of anilines is 1. The van der Waals surface area contributed by atoms with Crippen LogP contribution in [0.5, 0.6) is 0 Å². The van der Waals surface area contributed by atoms with Crippen molar-refractivity contribution in [3.8, 4) is 0 Å². The van der Waals surface area contributed by atoms with Crippen molar-refractivity contribution < 1.29 is 0 Å². The first-order valence-corrected chi connectivity index (χ1v) is 6.05. The first-order chi connectivity index (χ1) is 6.24. The number of fused-ring (bicyclic) bond motifs is 1. The van der Waals surface area contributed by atoms with Gasteiger partial charge in [0.25, 0.3) is 0 Å². The summed E-state index contributed by atoms with van der Waals surface area (Å²) in [6.07, 6.45) is 0. The predicted octanol–water partition coefficient (Wildman–Crippen LogP) is 3.69. The standard InChI is InChI=1S/C10H10BrNS/c1-6-5-13-10-7(6)2-3-9(12)8(10)4-11/h2-3,5H,4,12H2,1H3. The van der Waals surface area contributed by atoms with E-state index in [4.69, 9.17) is 5.73 Å². The summed E-state index contributed by atoms with van der Waals surface area (Å²) in [5, 5.41) is 4.33. The molecule has 0 saturated carbocycles. The molecule has 0 spiro atoms. The van der Waals surface area contributed by atoms with E-state index < -0.39 is 0 Å². The number of alkyl halides is 1. The van der Waals surface area contributed by atoms with E-state index in [1.54, 1.807) is 11.3 Å². The van der Waals surface area contributed by atoms with E-state index in [-0.39, 0.29) is 0 Å². The van der Waals surface area contributed by atoms with Crippen molar-refractivity contribution in [2.75, 3.05) is 5.73 Å².